The minimum atomic E-state index is 1.16. The van der Waals surface area contributed by atoms with Gasteiger partial charge in [0.2, 0.25) is 0 Å². The largest absolute Gasteiger partial charge is 0.195 e. The van der Waals surface area contributed by atoms with E-state index in [0.29, 0.717) is 0 Å². The van der Waals surface area contributed by atoms with Gasteiger partial charge in [0, 0.05) is 0 Å². The predicted molar refractivity (Wildman–Crippen MR) is 45.3 cm³/mol. The first kappa shape index (κ1) is 6.75. The molecular formula is C7H9BS. The van der Waals surface area contributed by atoms with Crippen LogP contribution in [0.2, 0.25) is 6.82 Å². The Kier molecular flexibility index (Phi) is 2.72. The van der Waals surface area contributed by atoms with Crippen LogP contribution in [-0.4, -0.2) is 6.56 Å². The maximum absolute atomic E-state index is 2.16. The van der Waals surface area contributed by atoms with Gasteiger partial charge in [0.15, 0.2) is 6.56 Å². The Morgan fingerprint density at radius 1 is 1.22 bits per heavy atom. The Morgan fingerprint density at radius 3 is 2.44 bits per heavy atom. The lowest BCUT2D eigenvalue weighted by Crippen LogP contribution is -1.71. The molecule has 1 rings (SSSR count). The lowest BCUT2D eigenvalue weighted by atomic mass is 10.2. The summed E-state index contributed by atoms with van der Waals surface area (Å²) in [5.41, 5.74) is 0. The molecule has 1 aromatic rings. The smallest absolute Gasteiger partial charge is 0.181 e. The summed E-state index contributed by atoms with van der Waals surface area (Å²) in [5, 5.41) is 0. The van der Waals surface area contributed by atoms with Crippen LogP contribution in [0.3, 0.4) is 0 Å². The van der Waals surface area contributed by atoms with Gasteiger partial charge in [-0.2, -0.15) is 11.6 Å². The molecular weight excluding hydrogens is 127 g/mol. The molecule has 9 heavy (non-hydrogen) atoms. The molecule has 0 aliphatic rings. The summed E-state index contributed by atoms with van der Waals surface area (Å²) in [6.07, 6.45) is 0. The number of hydrogen-bond donors (Lipinski definition) is 0. The van der Waals surface area contributed by atoms with Crippen molar-refractivity contribution in [3.63, 3.8) is 0 Å². The third-order valence-electron chi connectivity index (χ3n) is 1.05. The van der Waals surface area contributed by atoms with Gasteiger partial charge in [0.05, 0.1) is 0 Å². The highest BCUT2D eigenvalue weighted by atomic mass is 32.2. The number of hydrogen-bond acceptors (Lipinski definition) is 1. The third kappa shape index (κ3) is 2.14. The molecule has 1 aromatic carbocycles. The van der Waals surface area contributed by atoms with Crippen LogP contribution in [0.1, 0.15) is 0 Å². The summed E-state index contributed by atoms with van der Waals surface area (Å²) in [4.78, 5) is 1.36. The summed E-state index contributed by atoms with van der Waals surface area (Å²) in [7, 11) is 0. The van der Waals surface area contributed by atoms with Crippen LogP contribution in [0.25, 0.3) is 0 Å². The Balaban J connectivity index is 2.61. The van der Waals surface area contributed by atoms with E-state index in [4.69, 9.17) is 0 Å². The molecule has 0 heterocycles. The fraction of sp³-hybridized carbons (Fsp3) is 0.143. The zero-order chi connectivity index (χ0) is 6.53. The van der Waals surface area contributed by atoms with Crippen molar-refractivity contribution in [2.24, 2.45) is 0 Å². The van der Waals surface area contributed by atoms with Crippen molar-refractivity contribution >= 4 is 18.2 Å². The Labute approximate surface area is 60.8 Å². The maximum atomic E-state index is 2.16. The van der Waals surface area contributed by atoms with Crippen LogP contribution >= 0.6 is 11.6 Å². The average molecular weight is 136 g/mol. The Bertz CT molecular complexity index is 162. The number of benzene rings is 1. The first-order valence-corrected chi connectivity index (χ1v) is 4.10. The first-order chi connectivity index (χ1) is 4.43. The molecule has 0 spiro atoms. The summed E-state index contributed by atoms with van der Waals surface area (Å²) in [6, 6.07) is 10.4. The van der Waals surface area contributed by atoms with E-state index in [-0.39, 0.29) is 0 Å². The predicted octanol–water partition coefficient (Wildman–Crippen LogP) is 2.18. The van der Waals surface area contributed by atoms with Crippen molar-refractivity contribution in [3.8, 4) is 0 Å². The Hall–Kier alpha value is -0.365. The molecule has 0 aliphatic heterocycles. The molecule has 0 bridgehead atoms. The summed E-state index contributed by atoms with van der Waals surface area (Å²) in [5.74, 6) is 0. The minimum Gasteiger partial charge on any atom is -0.181 e. The van der Waals surface area contributed by atoms with Crippen LogP contribution in [-0.2, 0) is 0 Å². The molecule has 0 fully saturated rings. The van der Waals surface area contributed by atoms with E-state index in [1.54, 1.807) is 0 Å². The van der Waals surface area contributed by atoms with Crippen LogP contribution < -0.4 is 0 Å². The van der Waals surface area contributed by atoms with E-state index < -0.39 is 0 Å². The lowest BCUT2D eigenvalue weighted by Gasteiger charge is -1.93. The second-order valence-corrected chi connectivity index (χ2v) is 3.08. The van der Waals surface area contributed by atoms with Gasteiger partial charge in [-0.15, -0.1) is 0 Å². The van der Waals surface area contributed by atoms with Crippen molar-refractivity contribution < 1.29 is 0 Å². The van der Waals surface area contributed by atoms with E-state index in [9.17, 15) is 0 Å². The zero-order valence-electron chi connectivity index (χ0n) is 5.50. The fourth-order valence-electron chi connectivity index (χ4n) is 0.683. The van der Waals surface area contributed by atoms with E-state index in [2.05, 4.69) is 31.1 Å². The molecule has 0 atom stereocenters. The van der Waals surface area contributed by atoms with Gasteiger partial charge in [-0.25, -0.2) is 0 Å². The van der Waals surface area contributed by atoms with Crippen LogP contribution in [0.4, 0.5) is 0 Å². The van der Waals surface area contributed by atoms with E-state index >= 15 is 0 Å². The van der Waals surface area contributed by atoms with Crippen molar-refractivity contribution in [1.29, 1.82) is 0 Å². The second-order valence-electron chi connectivity index (χ2n) is 1.75. The lowest BCUT2D eigenvalue weighted by molar-refractivity contribution is 1.48. The van der Waals surface area contributed by atoms with Gasteiger partial charge < -0.3 is 0 Å². The minimum absolute atomic E-state index is 1.16. The quantitative estimate of drug-likeness (QED) is 0.561. The van der Waals surface area contributed by atoms with Crippen LogP contribution in [0, 0.1) is 0 Å². The van der Waals surface area contributed by atoms with Gasteiger partial charge in [-0.1, -0.05) is 25.0 Å². The van der Waals surface area contributed by atoms with Crippen LogP contribution in [0.5, 0.6) is 0 Å². The summed E-state index contributed by atoms with van der Waals surface area (Å²) >= 11 is 1.88. The van der Waals surface area contributed by atoms with Crippen LogP contribution in [0.15, 0.2) is 35.2 Å². The normalized spacial score (nSPS) is 9.00. The highest BCUT2D eigenvalue weighted by Gasteiger charge is 1.86. The summed E-state index contributed by atoms with van der Waals surface area (Å²) < 4.78 is 0. The van der Waals surface area contributed by atoms with E-state index in [0.717, 1.165) is 6.56 Å². The molecule has 46 valence electrons. The maximum Gasteiger partial charge on any atom is 0.195 e. The van der Waals surface area contributed by atoms with Gasteiger partial charge >= 0.3 is 0 Å². The fourth-order valence-corrected chi connectivity index (χ4v) is 1.37. The SMILES string of the molecule is CBSc1ccccc1. The van der Waals surface area contributed by atoms with Crippen molar-refractivity contribution in [2.45, 2.75) is 11.7 Å². The van der Waals surface area contributed by atoms with Gasteiger partial charge in [0.1, 0.15) is 0 Å². The van der Waals surface area contributed by atoms with Gasteiger partial charge in [-0.3, -0.25) is 0 Å². The summed E-state index contributed by atoms with van der Waals surface area (Å²) in [6.45, 7) is 3.32. The molecule has 2 heteroatoms. The highest BCUT2D eigenvalue weighted by Crippen LogP contribution is 2.13. The van der Waals surface area contributed by atoms with Crippen molar-refractivity contribution in [2.75, 3.05) is 0 Å². The Morgan fingerprint density at radius 2 is 1.89 bits per heavy atom. The van der Waals surface area contributed by atoms with Crippen molar-refractivity contribution in [1.82, 2.24) is 0 Å². The zero-order valence-corrected chi connectivity index (χ0v) is 6.32. The first-order valence-electron chi connectivity index (χ1n) is 3.11. The molecule has 0 saturated carbocycles. The standard InChI is InChI=1S/C7H9BS/c1-8-9-7-5-3-2-4-6-7/h2-6,8H,1H3. The topological polar surface area (TPSA) is 0 Å². The third-order valence-corrected chi connectivity index (χ3v) is 1.95. The molecule has 0 N–H and O–H groups in total. The molecule has 0 saturated heterocycles. The number of rotatable bonds is 2. The molecule has 0 aliphatic carbocycles. The average Bonchev–Trinajstić information content (AvgIpc) is 1.91. The molecule has 0 amide bonds. The molecule has 0 radical (unpaired) electrons. The molecule has 0 nitrogen and oxygen atoms in total. The second kappa shape index (κ2) is 3.62. The highest BCUT2D eigenvalue weighted by molar-refractivity contribution is 8.22. The molecule has 0 aromatic heterocycles. The van der Waals surface area contributed by atoms with E-state index in [1.807, 2.05) is 17.7 Å². The van der Waals surface area contributed by atoms with E-state index in [1.165, 1.54) is 4.90 Å². The van der Waals surface area contributed by atoms with Gasteiger partial charge in [-0.05, 0) is 17.0 Å². The van der Waals surface area contributed by atoms with Crippen molar-refractivity contribution in [3.05, 3.63) is 30.3 Å². The monoisotopic (exact) mass is 136 g/mol. The van der Waals surface area contributed by atoms with Gasteiger partial charge in [0.25, 0.3) is 0 Å². The molecule has 0 unspecified atom stereocenters.